The van der Waals surface area contributed by atoms with Gasteiger partial charge in [0, 0.05) is 48.5 Å². The van der Waals surface area contributed by atoms with Gasteiger partial charge in [0.1, 0.15) is 0 Å². The van der Waals surface area contributed by atoms with E-state index in [0.29, 0.717) is 18.0 Å². The SMILES string of the molecule is O=C(NCC1CCN(C(=O)c2ccncc2)CC1)c1ccsc1. The number of hydrogen-bond acceptors (Lipinski definition) is 4. The fraction of sp³-hybridized carbons (Fsp3) is 0.353. The normalized spacial score (nSPS) is 15.4. The summed E-state index contributed by atoms with van der Waals surface area (Å²) in [6, 6.07) is 5.32. The quantitative estimate of drug-likeness (QED) is 0.937. The van der Waals surface area contributed by atoms with Gasteiger partial charge in [-0.05, 0) is 42.3 Å². The minimum atomic E-state index is -0.0125. The van der Waals surface area contributed by atoms with Crippen molar-refractivity contribution >= 4 is 23.2 Å². The molecule has 6 heteroatoms. The monoisotopic (exact) mass is 329 g/mol. The number of aromatic nitrogens is 1. The first-order chi connectivity index (χ1) is 11.2. The first kappa shape index (κ1) is 15.7. The molecule has 3 heterocycles. The van der Waals surface area contributed by atoms with Gasteiger partial charge < -0.3 is 10.2 Å². The highest BCUT2D eigenvalue weighted by atomic mass is 32.1. The number of carbonyl (C=O) groups is 2. The molecule has 2 aromatic heterocycles. The molecular formula is C17H19N3O2S. The number of hydrogen-bond donors (Lipinski definition) is 1. The number of nitrogens with zero attached hydrogens (tertiary/aromatic N) is 2. The number of likely N-dealkylation sites (tertiary alicyclic amines) is 1. The van der Waals surface area contributed by atoms with Crippen molar-refractivity contribution in [2.45, 2.75) is 12.8 Å². The number of thiophene rings is 1. The lowest BCUT2D eigenvalue weighted by atomic mass is 9.96. The summed E-state index contributed by atoms with van der Waals surface area (Å²) in [5.74, 6) is 0.480. The summed E-state index contributed by atoms with van der Waals surface area (Å²) >= 11 is 1.52. The number of amides is 2. The topological polar surface area (TPSA) is 62.3 Å². The van der Waals surface area contributed by atoms with Crippen molar-refractivity contribution in [1.29, 1.82) is 0 Å². The van der Waals surface area contributed by atoms with Crippen molar-refractivity contribution in [3.8, 4) is 0 Å². The van der Waals surface area contributed by atoms with Crippen molar-refractivity contribution in [2.75, 3.05) is 19.6 Å². The van der Waals surface area contributed by atoms with Crippen LogP contribution in [0.1, 0.15) is 33.6 Å². The maximum absolute atomic E-state index is 12.4. The highest BCUT2D eigenvalue weighted by molar-refractivity contribution is 7.08. The van der Waals surface area contributed by atoms with E-state index in [-0.39, 0.29) is 11.8 Å². The molecule has 1 N–H and O–H groups in total. The summed E-state index contributed by atoms with van der Waals surface area (Å²) in [4.78, 5) is 30.1. The molecule has 2 aromatic rings. The Morgan fingerprint density at radius 3 is 2.57 bits per heavy atom. The average molecular weight is 329 g/mol. The zero-order chi connectivity index (χ0) is 16.1. The Bertz CT molecular complexity index is 650. The Balaban J connectivity index is 1.45. The van der Waals surface area contributed by atoms with Gasteiger partial charge in [-0.25, -0.2) is 0 Å². The maximum Gasteiger partial charge on any atom is 0.253 e. The van der Waals surface area contributed by atoms with Crippen LogP contribution in [0.25, 0.3) is 0 Å². The van der Waals surface area contributed by atoms with Crippen LogP contribution in [0.5, 0.6) is 0 Å². The summed E-state index contributed by atoms with van der Waals surface area (Å²) < 4.78 is 0. The molecule has 0 spiro atoms. The third-order valence-corrected chi connectivity index (χ3v) is 4.85. The molecule has 120 valence electrons. The molecule has 0 radical (unpaired) electrons. The van der Waals surface area contributed by atoms with Gasteiger partial charge in [-0.1, -0.05) is 0 Å². The molecule has 3 rings (SSSR count). The zero-order valence-electron chi connectivity index (χ0n) is 12.8. The number of nitrogens with one attached hydrogen (secondary N) is 1. The van der Waals surface area contributed by atoms with Crippen LogP contribution in [0.2, 0.25) is 0 Å². The Morgan fingerprint density at radius 1 is 1.17 bits per heavy atom. The molecule has 1 fully saturated rings. The van der Waals surface area contributed by atoms with Crippen molar-refractivity contribution in [1.82, 2.24) is 15.2 Å². The third-order valence-electron chi connectivity index (χ3n) is 4.16. The van der Waals surface area contributed by atoms with Crippen LogP contribution < -0.4 is 5.32 Å². The second-order valence-corrected chi connectivity index (χ2v) is 6.47. The van der Waals surface area contributed by atoms with Crippen molar-refractivity contribution in [3.05, 3.63) is 52.5 Å². The summed E-state index contributed by atoms with van der Waals surface area (Å²) in [5, 5.41) is 6.74. The molecule has 0 unspecified atom stereocenters. The molecule has 0 aromatic carbocycles. The number of carbonyl (C=O) groups excluding carboxylic acids is 2. The lowest BCUT2D eigenvalue weighted by Crippen LogP contribution is -2.41. The van der Waals surface area contributed by atoms with Crippen LogP contribution in [0.15, 0.2) is 41.4 Å². The molecule has 5 nitrogen and oxygen atoms in total. The Kier molecular flexibility index (Phi) is 5.02. The Morgan fingerprint density at radius 2 is 1.91 bits per heavy atom. The summed E-state index contributed by atoms with van der Waals surface area (Å²) in [6.07, 6.45) is 5.11. The second-order valence-electron chi connectivity index (χ2n) is 5.69. The average Bonchev–Trinajstić information content (AvgIpc) is 3.15. The van der Waals surface area contributed by atoms with Gasteiger partial charge in [-0.3, -0.25) is 14.6 Å². The lowest BCUT2D eigenvalue weighted by molar-refractivity contribution is 0.0684. The van der Waals surface area contributed by atoms with Crippen LogP contribution >= 0.6 is 11.3 Å². The summed E-state index contributed by atoms with van der Waals surface area (Å²) in [6.45, 7) is 2.15. The van der Waals surface area contributed by atoms with Crippen molar-refractivity contribution < 1.29 is 9.59 Å². The van der Waals surface area contributed by atoms with Crippen LogP contribution in [0.4, 0.5) is 0 Å². The molecule has 1 aliphatic heterocycles. The fourth-order valence-corrected chi connectivity index (χ4v) is 3.39. The predicted octanol–water partition coefficient (Wildman–Crippen LogP) is 2.43. The largest absolute Gasteiger partial charge is 0.352 e. The highest BCUT2D eigenvalue weighted by Gasteiger charge is 2.23. The zero-order valence-corrected chi connectivity index (χ0v) is 13.6. The molecule has 0 saturated carbocycles. The Labute approximate surface area is 139 Å². The minimum Gasteiger partial charge on any atom is -0.352 e. The molecule has 2 amide bonds. The van der Waals surface area contributed by atoms with Crippen molar-refractivity contribution in [3.63, 3.8) is 0 Å². The van der Waals surface area contributed by atoms with E-state index in [0.717, 1.165) is 31.5 Å². The number of pyridine rings is 1. The summed E-state index contributed by atoms with van der Waals surface area (Å²) in [5.41, 5.74) is 1.41. The standard InChI is InChI=1S/C17H19N3O2S/c21-16(15-5-10-23-12-15)19-11-13-3-8-20(9-4-13)17(22)14-1-6-18-7-2-14/h1-2,5-7,10,12-13H,3-4,8-9,11H2,(H,19,21). The Hall–Kier alpha value is -2.21. The van der Waals surface area contributed by atoms with Gasteiger partial charge in [0.15, 0.2) is 0 Å². The second kappa shape index (κ2) is 7.37. The van der Waals surface area contributed by atoms with Gasteiger partial charge in [0.25, 0.3) is 11.8 Å². The lowest BCUT2D eigenvalue weighted by Gasteiger charge is -2.32. The van der Waals surface area contributed by atoms with Crippen LogP contribution in [-0.2, 0) is 0 Å². The first-order valence-corrected chi connectivity index (χ1v) is 8.68. The van der Waals surface area contributed by atoms with E-state index >= 15 is 0 Å². The minimum absolute atomic E-state index is 0.0125. The van der Waals surface area contributed by atoms with E-state index in [1.807, 2.05) is 21.7 Å². The van der Waals surface area contributed by atoms with Crippen LogP contribution in [0, 0.1) is 5.92 Å². The van der Waals surface area contributed by atoms with Gasteiger partial charge in [0.05, 0.1) is 0 Å². The van der Waals surface area contributed by atoms with Gasteiger partial charge in [-0.2, -0.15) is 11.3 Å². The molecule has 23 heavy (non-hydrogen) atoms. The van der Waals surface area contributed by atoms with Gasteiger partial charge >= 0.3 is 0 Å². The summed E-state index contributed by atoms with van der Waals surface area (Å²) in [7, 11) is 0. The van der Waals surface area contributed by atoms with E-state index in [1.54, 1.807) is 24.5 Å². The number of rotatable bonds is 4. The van der Waals surface area contributed by atoms with Crippen LogP contribution in [-0.4, -0.2) is 41.3 Å². The smallest absolute Gasteiger partial charge is 0.253 e. The molecule has 1 saturated heterocycles. The highest BCUT2D eigenvalue weighted by Crippen LogP contribution is 2.18. The van der Waals surface area contributed by atoms with E-state index < -0.39 is 0 Å². The maximum atomic E-state index is 12.4. The van der Waals surface area contributed by atoms with E-state index in [9.17, 15) is 9.59 Å². The fourth-order valence-electron chi connectivity index (χ4n) is 2.75. The van der Waals surface area contributed by atoms with Gasteiger partial charge in [-0.15, -0.1) is 0 Å². The number of piperidine rings is 1. The molecule has 0 aliphatic carbocycles. The van der Waals surface area contributed by atoms with Crippen molar-refractivity contribution in [2.24, 2.45) is 5.92 Å². The molecule has 0 bridgehead atoms. The van der Waals surface area contributed by atoms with Gasteiger partial charge in [0.2, 0.25) is 0 Å². The molecular weight excluding hydrogens is 310 g/mol. The van der Waals surface area contributed by atoms with E-state index in [4.69, 9.17) is 0 Å². The molecule has 1 aliphatic rings. The third kappa shape index (κ3) is 3.96. The van der Waals surface area contributed by atoms with Crippen LogP contribution in [0.3, 0.4) is 0 Å². The molecule has 0 atom stereocenters. The first-order valence-electron chi connectivity index (χ1n) is 7.74. The van der Waals surface area contributed by atoms with E-state index in [2.05, 4.69) is 10.3 Å². The van der Waals surface area contributed by atoms with E-state index in [1.165, 1.54) is 11.3 Å². The predicted molar refractivity (Wildman–Crippen MR) is 89.5 cm³/mol.